The van der Waals surface area contributed by atoms with Gasteiger partial charge in [-0.05, 0) is 36.6 Å². The second-order valence-corrected chi connectivity index (χ2v) is 10.1. The van der Waals surface area contributed by atoms with Crippen LogP contribution >= 0.6 is 23.2 Å². The average Bonchev–Trinajstić information content (AvgIpc) is 3.78. The number of hydrogen-bond acceptors (Lipinski definition) is 5. The Balaban J connectivity index is 0.00000105. The van der Waals surface area contributed by atoms with E-state index in [9.17, 15) is 19.5 Å². The summed E-state index contributed by atoms with van der Waals surface area (Å²) in [7, 11) is 1.36. The maximum atomic E-state index is 15.2. The molecule has 1 amide bonds. The molecule has 1 aliphatic carbocycles. The molecule has 202 valence electrons. The molecule has 8 nitrogen and oxygen atoms in total. The highest BCUT2D eigenvalue weighted by atomic mass is 35.5. The van der Waals surface area contributed by atoms with Crippen molar-refractivity contribution in [2.24, 2.45) is 5.92 Å². The first-order valence-corrected chi connectivity index (χ1v) is 13.1. The third-order valence-corrected chi connectivity index (χ3v) is 7.06. The number of nitrogens with zero attached hydrogens (tertiary/aromatic N) is 1. The van der Waals surface area contributed by atoms with Crippen LogP contribution in [0.4, 0.5) is 10.1 Å². The summed E-state index contributed by atoms with van der Waals surface area (Å²) < 4.78 is 20.7. The Labute approximate surface area is 228 Å². The zero-order valence-corrected chi connectivity index (χ0v) is 22.3. The van der Waals surface area contributed by atoms with Crippen molar-refractivity contribution in [3.05, 3.63) is 67.7 Å². The smallest absolute Gasteiger partial charge is 0.306 e. The number of pyridine rings is 1. The van der Waals surface area contributed by atoms with E-state index in [2.05, 4.69) is 10.3 Å². The highest BCUT2D eigenvalue weighted by molar-refractivity contribution is 6.35. The Morgan fingerprint density at radius 2 is 1.87 bits per heavy atom. The highest BCUT2D eigenvalue weighted by Crippen LogP contribution is 2.38. The summed E-state index contributed by atoms with van der Waals surface area (Å²) in [6.45, 7) is 0.719. The van der Waals surface area contributed by atoms with Crippen molar-refractivity contribution in [3.8, 4) is 5.75 Å². The zero-order chi connectivity index (χ0) is 27.4. The number of hydrogen-bond donors (Lipinski definition) is 3. The lowest BCUT2D eigenvalue weighted by Gasteiger charge is -2.33. The Bertz CT molecular complexity index is 1420. The van der Waals surface area contributed by atoms with Crippen molar-refractivity contribution in [1.29, 1.82) is 0 Å². The topological polar surface area (TPSA) is 112 Å². The highest BCUT2D eigenvalue weighted by Gasteiger charge is 2.29. The molecule has 0 spiro atoms. The first-order valence-electron chi connectivity index (χ1n) is 12.3. The molecule has 1 saturated carbocycles. The number of carboxylic acid groups (broad SMARTS) is 1. The number of aromatic amines is 1. The number of H-pyrrole nitrogens is 1. The number of methoxy groups -OCH3 is 1. The Morgan fingerprint density at radius 1 is 1.18 bits per heavy atom. The summed E-state index contributed by atoms with van der Waals surface area (Å²) in [6.07, 6.45) is 6.48. The third-order valence-electron chi connectivity index (χ3n) is 6.48. The van der Waals surface area contributed by atoms with Gasteiger partial charge in [0.2, 0.25) is 5.43 Å². The largest absolute Gasteiger partial charge is 0.492 e. The lowest BCUT2D eigenvalue weighted by Crippen LogP contribution is -2.37. The standard InChI is InChI=1S/C24H22Cl2FN3O5.C3H6/c1-35-22-19-15(9-18(27)20(22)30-6-4-12(5-7-30)24(33)34)21(31)16(11-28-19)23(32)29-10-13-2-3-14(25)8-17(13)26;1-2-3-1/h2-3,8-9,11-12H,4-7,10H2,1H3,(H,28,31)(H,29,32)(H,33,34);1-3H2. The zero-order valence-electron chi connectivity index (χ0n) is 20.8. The van der Waals surface area contributed by atoms with Crippen LogP contribution in [-0.2, 0) is 11.3 Å². The summed E-state index contributed by atoms with van der Waals surface area (Å²) >= 11 is 12.0. The summed E-state index contributed by atoms with van der Waals surface area (Å²) in [6, 6.07) is 5.91. The van der Waals surface area contributed by atoms with E-state index in [1.165, 1.54) is 32.6 Å². The molecule has 0 radical (unpaired) electrons. The van der Waals surface area contributed by atoms with Crippen LogP contribution in [0.3, 0.4) is 0 Å². The molecule has 1 saturated heterocycles. The summed E-state index contributed by atoms with van der Waals surface area (Å²) in [4.78, 5) is 41.7. The minimum Gasteiger partial charge on any atom is -0.492 e. The fraction of sp³-hybridized carbons (Fsp3) is 0.370. The van der Waals surface area contributed by atoms with Gasteiger partial charge in [0.15, 0.2) is 11.6 Å². The quantitative estimate of drug-likeness (QED) is 0.371. The molecule has 0 atom stereocenters. The molecule has 2 aromatic carbocycles. The molecule has 0 unspecified atom stereocenters. The number of halogens is 3. The first kappa shape index (κ1) is 27.7. The van der Waals surface area contributed by atoms with Crippen LogP contribution < -0.4 is 20.4 Å². The number of fused-ring (bicyclic) bond motifs is 1. The number of aromatic nitrogens is 1. The van der Waals surface area contributed by atoms with Gasteiger partial charge in [-0.25, -0.2) is 4.39 Å². The SMILES string of the molecule is C1CC1.COc1c(N2CCC(C(=O)O)CC2)c(F)cc2c(=O)c(C(=O)NCc3ccc(Cl)cc3Cl)c[nH]c12. The van der Waals surface area contributed by atoms with Gasteiger partial charge in [-0.15, -0.1) is 0 Å². The molecule has 2 aliphatic rings. The number of ether oxygens (including phenoxy) is 1. The monoisotopic (exact) mass is 563 g/mol. The molecule has 11 heteroatoms. The number of rotatable bonds is 6. The minimum atomic E-state index is -0.871. The number of aliphatic carboxylic acids is 1. The number of carbonyl (C=O) groups excluding carboxylic acids is 1. The molecular formula is C27H28Cl2FN3O5. The van der Waals surface area contributed by atoms with Gasteiger partial charge in [0, 0.05) is 35.9 Å². The van der Waals surface area contributed by atoms with Gasteiger partial charge in [-0.2, -0.15) is 0 Å². The van der Waals surface area contributed by atoms with E-state index in [0.717, 1.165) is 6.07 Å². The third kappa shape index (κ3) is 6.22. The van der Waals surface area contributed by atoms with Crippen molar-refractivity contribution in [1.82, 2.24) is 10.3 Å². The van der Waals surface area contributed by atoms with E-state index in [0.29, 0.717) is 41.5 Å². The molecule has 2 heterocycles. The van der Waals surface area contributed by atoms with Crippen LogP contribution in [0.25, 0.3) is 10.9 Å². The number of piperidine rings is 1. The van der Waals surface area contributed by atoms with Gasteiger partial charge in [0.25, 0.3) is 5.91 Å². The fourth-order valence-electron chi connectivity index (χ4n) is 4.24. The number of nitrogens with one attached hydrogen (secondary N) is 2. The predicted molar refractivity (Wildman–Crippen MR) is 145 cm³/mol. The maximum absolute atomic E-state index is 15.2. The number of benzene rings is 2. The van der Waals surface area contributed by atoms with Crippen LogP contribution in [0.1, 0.15) is 48.0 Å². The predicted octanol–water partition coefficient (Wildman–Crippen LogP) is 5.38. The van der Waals surface area contributed by atoms with Gasteiger partial charge in [0.05, 0.1) is 23.9 Å². The van der Waals surface area contributed by atoms with Crippen LogP contribution in [0.15, 0.2) is 35.3 Å². The van der Waals surface area contributed by atoms with Gasteiger partial charge < -0.3 is 25.0 Å². The first-order chi connectivity index (χ1) is 18.2. The van der Waals surface area contributed by atoms with Crippen molar-refractivity contribution >= 4 is 51.7 Å². The molecule has 38 heavy (non-hydrogen) atoms. The molecule has 3 aromatic rings. The van der Waals surface area contributed by atoms with Crippen molar-refractivity contribution in [2.75, 3.05) is 25.1 Å². The van der Waals surface area contributed by atoms with E-state index in [4.69, 9.17) is 27.9 Å². The molecular weight excluding hydrogens is 536 g/mol. The van der Waals surface area contributed by atoms with E-state index in [1.807, 2.05) is 0 Å². The normalized spacial score (nSPS) is 15.0. The summed E-state index contributed by atoms with van der Waals surface area (Å²) in [5.74, 6) is -2.59. The minimum absolute atomic E-state index is 0.0410. The van der Waals surface area contributed by atoms with Gasteiger partial charge >= 0.3 is 5.97 Å². The lowest BCUT2D eigenvalue weighted by atomic mass is 9.96. The van der Waals surface area contributed by atoms with Gasteiger partial charge in [-0.3, -0.25) is 14.4 Å². The van der Waals surface area contributed by atoms with Gasteiger partial charge in [0.1, 0.15) is 11.3 Å². The summed E-state index contributed by atoms with van der Waals surface area (Å²) in [5, 5.41) is 12.6. The molecule has 1 aromatic heterocycles. The number of carbonyl (C=O) groups is 2. The number of amides is 1. The second kappa shape index (κ2) is 12.0. The Kier molecular flexibility index (Phi) is 8.79. The van der Waals surface area contributed by atoms with Crippen LogP contribution in [0, 0.1) is 11.7 Å². The van der Waals surface area contributed by atoms with Crippen LogP contribution in [0.5, 0.6) is 5.75 Å². The summed E-state index contributed by atoms with van der Waals surface area (Å²) in [5.41, 5.74) is 0.150. The maximum Gasteiger partial charge on any atom is 0.306 e. The average molecular weight is 564 g/mol. The molecule has 3 N–H and O–H groups in total. The number of carboxylic acids is 1. The van der Waals surface area contributed by atoms with E-state index >= 15 is 4.39 Å². The molecule has 5 rings (SSSR count). The van der Waals surface area contributed by atoms with Crippen molar-refractivity contribution in [2.45, 2.75) is 38.6 Å². The molecule has 2 fully saturated rings. The Hall–Kier alpha value is -3.30. The Morgan fingerprint density at radius 3 is 2.45 bits per heavy atom. The van der Waals surface area contributed by atoms with E-state index in [-0.39, 0.29) is 34.4 Å². The molecule has 0 bridgehead atoms. The van der Waals surface area contributed by atoms with E-state index in [1.54, 1.807) is 23.1 Å². The van der Waals surface area contributed by atoms with Crippen LogP contribution in [-0.4, -0.2) is 42.2 Å². The number of anilines is 1. The molecule has 1 aliphatic heterocycles. The second-order valence-electron chi connectivity index (χ2n) is 9.27. The van der Waals surface area contributed by atoms with Crippen molar-refractivity contribution < 1.29 is 23.8 Å². The van der Waals surface area contributed by atoms with Crippen molar-refractivity contribution in [3.63, 3.8) is 0 Å². The van der Waals surface area contributed by atoms with E-state index < -0.39 is 29.0 Å². The van der Waals surface area contributed by atoms with Gasteiger partial charge in [-0.1, -0.05) is 48.5 Å². The lowest BCUT2D eigenvalue weighted by molar-refractivity contribution is -0.142. The van der Waals surface area contributed by atoms with Crippen LogP contribution in [0.2, 0.25) is 10.0 Å². The fourth-order valence-corrected chi connectivity index (χ4v) is 4.72.